The van der Waals surface area contributed by atoms with Crippen molar-refractivity contribution in [3.05, 3.63) is 63.9 Å². The number of nitriles is 1. The van der Waals surface area contributed by atoms with E-state index >= 15 is 0 Å². The van der Waals surface area contributed by atoms with Crippen molar-refractivity contribution in [2.24, 2.45) is 0 Å². The summed E-state index contributed by atoms with van der Waals surface area (Å²) in [7, 11) is 4.28. The topological polar surface area (TPSA) is 133 Å². The SMILES string of the molecule is COc1ccc(C(=O)Oc2c(Cl)cc(/C=C(/C#N)C(=O)Nc3cc(C)on3)cc2OC)cc1OC. The van der Waals surface area contributed by atoms with E-state index in [0.717, 1.165) is 0 Å². The third-order valence-electron chi connectivity index (χ3n) is 4.61. The Labute approximate surface area is 205 Å². The molecule has 3 aromatic rings. The summed E-state index contributed by atoms with van der Waals surface area (Å²) in [5, 5.41) is 15.6. The van der Waals surface area contributed by atoms with Gasteiger partial charge >= 0.3 is 5.97 Å². The number of nitrogens with zero attached hydrogens (tertiary/aromatic N) is 2. The Bertz CT molecular complexity index is 1340. The minimum absolute atomic E-state index is 0.0225. The van der Waals surface area contributed by atoms with Crippen LogP contribution in [0.3, 0.4) is 0 Å². The average Bonchev–Trinajstić information content (AvgIpc) is 3.27. The molecular formula is C24H20ClN3O7. The van der Waals surface area contributed by atoms with E-state index in [2.05, 4.69) is 10.5 Å². The van der Waals surface area contributed by atoms with Gasteiger partial charge in [-0.15, -0.1) is 0 Å². The molecular weight excluding hydrogens is 478 g/mol. The number of benzene rings is 2. The molecule has 0 unspecified atom stereocenters. The van der Waals surface area contributed by atoms with Gasteiger partial charge in [0.15, 0.2) is 28.8 Å². The average molecular weight is 498 g/mol. The summed E-state index contributed by atoms with van der Waals surface area (Å²) in [5.74, 6) is 0.137. The van der Waals surface area contributed by atoms with Crippen LogP contribution < -0.4 is 24.3 Å². The molecule has 0 atom stereocenters. The molecule has 180 valence electrons. The molecule has 0 saturated carbocycles. The minimum atomic E-state index is -0.713. The predicted molar refractivity (Wildman–Crippen MR) is 126 cm³/mol. The van der Waals surface area contributed by atoms with Crippen LogP contribution in [-0.2, 0) is 4.79 Å². The number of halogens is 1. The maximum atomic E-state index is 12.7. The van der Waals surface area contributed by atoms with E-state index in [9.17, 15) is 14.9 Å². The second-order valence-electron chi connectivity index (χ2n) is 6.94. The molecule has 1 aromatic heterocycles. The smallest absolute Gasteiger partial charge is 0.343 e. The molecule has 0 aliphatic rings. The van der Waals surface area contributed by atoms with Gasteiger partial charge in [0.25, 0.3) is 5.91 Å². The van der Waals surface area contributed by atoms with Crippen LogP contribution >= 0.6 is 11.6 Å². The lowest BCUT2D eigenvalue weighted by molar-refractivity contribution is -0.112. The largest absolute Gasteiger partial charge is 0.493 e. The third-order valence-corrected chi connectivity index (χ3v) is 4.89. The molecule has 0 radical (unpaired) electrons. The summed E-state index contributed by atoms with van der Waals surface area (Å²) in [6, 6.07) is 10.8. The molecule has 0 aliphatic carbocycles. The van der Waals surface area contributed by atoms with Crippen LogP contribution in [0.5, 0.6) is 23.0 Å². The molecule has 0 bridgehead atoms. The van der Waals surface area contributed by atoms with E-state index < -0.39 is 11.9 Å². The fourth-order valence-electron chi connectivity index (χ4n) is 2.96. The standard InChI is InChI=1S/C24H20ClN3O7/c1-13-7-21(28-35-13)27-23(29)16(12-26)8-14-9-17(25)22(20(10-14)33-4)34-24(30)15-5-6-18(31-2)19(11-15)32-3/h5-11H,1-4H3,(H,27,28,29)/b16-8-. The number of ether oxygens (including phenoxy) is 4. The number of methoxy groups -OCH3 is 3. The zero-order valence-corrected chi connectivity index (χ0v) is 19.9. The van der Waals surface area contributed by atoms with Crippen molar-refractivity contribution in [1.82, 2.24) is 5.16 Å². The molecule has 2 aromatic carbocycles. The number of hydrogen-bond donors (Lipinski definition) is 1. The molecule has 0 fully saturated rings. The molecule has 1 heterocycles. The van der Waals surface area contributed by atoms with Gasteiger partial charge in [-0.1, -0.05) is 16.8 Å². The maximum absolute atomic E-state index is 12.7. The van der Waals surface area contributed by atoms with Crippen molar-refractivity contribution in [3.63, 3.8) is 0 Å². The Balaban J connectivity index is 1.86. The van der Waals surface area contributed by atoms with Crippen LogP contribution in [0, 0.1) is 18.3 Å². The maximum Gasteiger partial charge on any atom is 0.343 e. The predicted octanol–water partition coefficient (Wildman–Crippen LogP) is 4.43. The zero-order valence-electron chi connectivity index (χ0n) is 19.2. The molecule has 1 amide bonds. The molecule has 10 nitrogen and oxygen atoms in total. The monoisotopic (exact) mass is 497 g/mol. The fraction of sp³-hybridized carbons (Fsp3) is 0.167. The van der Waals surface area contributed by atoms with Crippen molar-refractivity contribution < 1.29 is 33.1 Å². The van der Waals surface area contributed by atoms with Crippen LogP contribution in [0.1, 0.15) is 21.7 Å². The first kappa shape index (κ1) is 25.1. The highest BCUT2D eigenvalue weighted by Crippen LogP contribution is 2.38. The Hall–Kier alpha value is -4.49. The Morgan fingerprint density at radius 2 is 1.77 bits per heavy atom. The number of amides is 1. The summed E-state index contributed by atoms with van der Waals surface area (Å²) >= 11 is 6.35. The number of aromatic nitrogens is 1. The highest BCUT2D eigenvalue weighted by molar-refractivity contribution is 6.32. The van der Waals surface area contributed by atoms with Crippen LogP contribution in [0.15, 0.2) is 46.5 Å². The zero-order chi connectivity index (χ0) is 25.5. The summed E-state index contributed by atoms with van der Waals surface area (Å²) in [5.41, 5.74) is 0.330. The number of nitrogens with one attached hydrogen (secondary N) is 1. The van der Waals surface area contributed by atoms with E-state index in [-0.39, 0.29) is 33.5 Å². The van der Waals surface area contributed by atoms with Crippen molar-refractivity contribution >= 4 is 35.4 Å². The second kappa shape index (κ2) is 11.1. The molecule has 0 saturated heterocycles. The number of carbonyl (C=O) groups is 2. The van der Waals surface area contributed by atoms with Crippen LogP contribution in [0.2, 0.25) is 5.02 Å². The summed E-state index contributed by atoms with van der Waals surface area (Å²) in [6.45, 7) is 1.66. The van der Waals surface area contributed by atoms with Gasteiger partial charge in [-0.05, 0) is 48.9 Å². The summed E-state index contributed by atoms with van der Waals surface area (Å²) in [4.78, 5) is 25.1. The molecule has 35 heavy (non-hydrogen) atoms. The number of carbonyl (C=O) groups excluding carboxylic acids is 2. The van der Waals surface area contributed by atoms with Gasteiger partial charge in [-0.25, -0.2) is 4.79 Å². The van der Waals surface area contributed by atoms with E-state index in [1.807, 2.05) is 6.07 Å². The molecule has 0 aliphatic heterocycles. The Morgan fingerprint density at radius 3 is 2.37 bits per heavy atom. The molecule has 11 heteroatoms. The second-order valence-corrected chi connectivity index (χ2v) is 7.35. The van der Waals surface area contributed by atoms with Gasteiger partial charge in [0.1, 0.15) is 17.4 Å². The van der Waals surface area contributed by atoms with Gasteiger partial charge < -0.3 is 28.8 Å². The van der Waals surface area contributed by atoms with E-state index in [0.29, 0.717) is 22.8 Å². The van der Waals surface area contributed by atoms with Crippen molar-refractivity contribution in [2.45, 2.75) is 6.92 Å². The lowest BCUT2D eigenvalue weighted by Crippen LogP contribution is -2.13. The lowest BCUT2D eigenvalue weighted by Gasteiger charge is -2.13. The lowest BCUT2D eigenvalue weighted by atomic mass is 10.1. The van der Waals surface area contributed by atoms with Gasteiger partial charge in [0.2, 0.25) is 0 Å². The Morgan fingerprint density at radius 1 is 1.06 bits per heavy atom. The van der Waals surface area contributed by atoms with E-state index in [1.165, 1.54) is 57.7 Å². The first-order valence-electron chi connectivity index (χ1n) is 9.97. The van der Waals surface area contributed by atoms with Gasteiger partial charge in [0, 0.05) is 6.07 Å². The molecule has 1 N–H and O–H groups in total. The van der Waals surface area contributed by atoms with Crippen LogP contribution in [0.4, 0.5) is 5.82 Å². The van der Waals surface area contributed by atoms with Crippen LogP contribution in [0.25, 0.3) is 6.08 Å². The third kappa shape index (κ3) is 5.90. The first-order chi connectivity index (χ1) is 16.8. The fourth-order valence-corrected chi connectivity index (χ4v) is 3.22. The van der Waals surface area contributed by atoms with E-state index in [1.54, 1.807) is 13.0 Å². The number of rotatable bonds is 8. The minimum Gasteiger partial charge on any atom is -0.493 e. The van der Waals surface area contributed by atoms with Crippen molar-refractivity contribution in [1.29, 1.82) is 5.26 Å². The highest BCUT2D eigenvalue weighted by atomic mass is 35.5. The molecule has 0 spiro atoms. The number of hydrogen-bond acceptors (Lipinski definition) is 9. The van der Waals surface area contributed by atoms with Gasteiger partial charge in [0.05, 0.1) is 31.9 Å². The summed E-state index contributed by atoms with van der Waals surface area (Å²) in [6.07, 6.45) is 1.30. The normalized spacial score (nSPS) is 10.8. The number of anilines is 1. The first-order valence-corrected chi connectivity index (χ1v) is 10.4. The van der Waals surface area contributed by atoms with Crippen LogP contribution in [-0.4, -0.2) is 38.4 Å². The highest BCUT2D eigenvalue weighted by Gasteiger charge is 2.19. The number of aryl methyl sites for hydroxylation is 1. The Kier molecular flexibility index (Phi) is 7.96. The molecule has 3 rings (SSSR count). The quantitative estimate of drug-likeness (QED) is 0.207. The van der Waals surface area contributed by atoms with Gasteiger partial charge in [-0.3, -0.25) is 4.79 Å². The van der Waals surface area contributed by atoms with Gasteiger partial charge in [-0.2, -0.15) is 5.26 Å². The summed E-state index contributed by atoms with van der Waals surface area (Å²) < 4.78 is 26.0. The van der Waals surface area contributed by atoms with E-state index in [4.69, 9.17) is 35.1 Å². The van der Waals surface area contributed by atoms with Crippen molar-refractivity contribution in [3.8, 4) is 29.1 Å². The number of esters is 1. The van der Waals surface area contributed by atoms with Crippen molar-refractivity contribution in [2.75, 3.05) is 26.6 Å².